The normalized spacial score (nSPS) is 17.7. The second kappa shape index (κ2) is 23.2. The first-order chi connectivity index (χ1) is 33.0. The van der Waals surface area contributed by atoms with E-state index in [4.69, 9.17) is 38.8 Å². The Hall–Kier alpha value is -5.13. The van der Waals surface area contributed by atoms with Crippen molar-refractivity contribution in [1.82, 2.24) is 40.2 Å². The van der Waals surface area contributed by atoms with E-state index in [9.17, 15) is 23.9 Å². The molecule has 0 radical (unpaired) electrons. The molecule has 14 nitrogen and oxygen atoms in total. The number of thiazole rings is 1. The number of aliphatic hydroxyl groups is 1. The Kier molecular flexibility index (Phi) is 17.4. The van der Waals surface area contributed by atoms with Crippen LogP contribution in [0, 0.1) is 18.2 Å². The van der Waals surface area contributed by atoms with Crippen LogP contribution < -0.4 is 21.1 Å². The lowest BCUT2D eigenvalue weighted by atomic mass is 9.85. The van der Waals surface area contributed by atoms with Crippen LogP contribution >= 0.6 is 34.5 Å². The molecule has 0 spiro atoms. The molecule has 2 aromatic carbocycles. The Morgan fingerprint density at radius 3 is 2.42 bits per heavy atom. The van der Waals surface area contributed by atoms with Gasteiger partial charge in [-0.2, -0.15) is 5.10 Å². The van der Waals surface area contributed by atoms with Crippen molar-refractivity contribution >= 4 is 58.1 Å². The molecule has 69 heavy (non-hydrogen) atoms. The monoisotopic (exact) mass is 1000 g/mol. The van der Waals surface area contributed by atoms with Crippen LogP contribution in [0.25, 0.3) is 21.6 Å². The molecule has 5 N–H and O–H groups in total. The predicted octanol–water partition coefficient (Wildman–Crippen LogP) is 9.33. The number of aromatic nitrogens is 4. The molecule has 18 heteroatoms. The highest BCUT2D eigenvalue weighted by Gasteiger charge is 2.44. The highest BCUT2D eigenvalue weighted by atomic mass is 35.5. The number of hydrogen-bond donors (Lipinski definition) is 4. The summed E-state index contributed by atoms with van der Waals surface area (Å²) in [6.07, 6.45) is 11.2. The van der Waals surface area contributed by atoms with Crippen LogP contribution in [-0.2, 0) is 20.9 Å². The van der Waals surface area contributed by atoms with E-state index >= 15 is 0 Å². The molecule has 0 bridgehead atoms. The van der Waals surface area contributed by atoms with Crippen molar-refractivity contribution in [2.24, 2.45) is 5.41 Å². The van der Waals surface area contributed by atoms with Gasteiger partial charge in [-0.15, -0.1) is 11.3 Å². The van der Waals surface area contributed by atoms with Crippen molar-refractivity contribution in [2.45, 2.75) is 129 Å². The highest BCUT2D eigenvalue weighted by Crippen LogP contribution is 2.38. The zero-order valence-electron chi connectivity index (χ0n) is 40.0. The number of amides is 3. The third-order valence-corrected chi connectivity index (χ3v) is 14.8. The third kappa shape index (κ3) is 13.2. The van der Waals surface area contributed by atoms with Gasteiger partial charge in [0.15, 0.2) is 11.6 Å². The van der Waals surface area contributed by atoms with E-state index in [1.165, 1.54) is 17.0 Å². The van der Waals surface area contributed by atoms with Gasteiger partial charge in [-0.1, -0.05) is 87.5 Å². The number of ether oxygens (including phenoxy) is 1. The number of carbonyl (C=O) groups excluding carboxylic acids is 3. The minimum Gasteiger partial charge on any atom is -0.482 e. The van der Waals surface area contributed by atoms with E-state index < -0.39 is 35.5 Å². The summed E-state index contributed by atoms with van der Waals surface area (Å²) in [7, 11) is 0. The summed E-state index contributed by atoms with van der Waals surface area (Å²) in [5.74, 6) is -0.954. The van der Waals surface area contributed by atoms with Crippen molar-refractivity contribution in [1.29, 1.82) is 0 Å². The molecule has 3 aromatic heterocycles. The zero-order valence-corrected chi connectivity index (χ0v) is 42.3. The average Bonchev–Trinajstić information content (AvgIpc) is 4.09. The summed E-state index contributed by atoms with van der Waals surface area (Å²) in [5, 5.41) is 21.4. The maximum absolute atomic E-state index is 14.2. The molecule has 4 atom stereocenters. The Labute approximate surface area is 418 Å². The first-order valence-electron chi connectivity index (χ1n) is 23.8. The Morgan fingerprint density at radius 1 is 0.986 bits per heavy atom. The van der Waals surface area contributed by atoms with Crippen LogP contribution in [0.5, 0.6) is 5.75 Å². The SMILES string of the molecule is Cc1ncsc1-c1ccc(CNC(=O)[C@@H]2C[C@@H](O)CN2C(=O)C(NC(=O)CCCCCCCN2CCC(n3cc(-c4cnc(N)c(O[C@H](C)c5c(Cl)ccc(F)c5Cl)c4)cn3)CC2)C(C)(C)C)cc1. The number of nitrogens with zero attached hydrogens (tertiary/aromatic N) is 6. The van der Waals surface area contributed by atoms with E-state index in [0.717, 1.165) is 91.0 Å². The largest absolute Gasteiger partial charge is 0.482 e. The molecule has 1 unspecified atom stereocenters. The fourth-order valence-corrected chi connectivity index (χ4v) is 10.6. The van der Waals surface area contributed by atoms with E-state index in [1.54, 1.807) is 30.5 Å². The summed E-state index contributed by atoms with van der Waals surface area (Å²) in [6, 6.07) is 11.0. The molecule has 0 aliphatic carbocycles. The number of likely N-dealkylation sites (tertiary alicyclic amines) is 2. The second-order valence-corrected chi connectivity index (χ2v) is 21.0. The number of rotatable bonds is 19. The Bertz CT molecular complexity index is 2560. The Balaban J connectivity index is 0.796. The number of piperidine rings is 1. The van der Waals surface area contributed by atoms with Gasteiger partial charge < -0.3 is 36.0 Å². The van der Waals surface area contributed by atoms with Gasteiger partial charge in [0.1, 0.15) is 24.0 Å². The quantitative estimate of drug-likeness (QED) is 0.0460. The predicted molar refractivity (Wildman–Crippen MR) is 269 cm³/mol. The van der Waals surface area contributed by atoms with E-state index in [1.807, 2.05) is 74.5 Å². The van der Waals surface area contributed by atoms with Gasteiger partial charge >= 0.3 is 0 Å². The summed E-state index contributed by atoms with van der Waals surface area (Å²) in [5.41, 5.74) is 12.3. The van der Waals surface area contributed by atoms with Crippen LogP contribution in [0.3, 0.4) is 0 Å². The highest BCUT2D eigenvalue weighted by molar-refractivity contribution is 7.13. The molecule has 5 aromatic rings. The third-order valence-electron chi connectivity index (χ3n) is 13.1. The summed E-state index contributed by atoms with van der Waals surface area (Å²) >= 11 is 14.1. The van der Waals surface area contributed by atoms with Crippen molar-refractivity contribution < 1.29 is 28.6 Å². The number of unbranched alkanes of at least 4 members (excludes halogenated alkanes) is 4. The number of nitrogens with one attached hydrogen (secondary N) is 2. The minimum atomic E-state index is -0.854. The average molecular weight is 1010 g/mol. The number of benzene rings is 2. The number of β-amino-alcohol motifs (C(OH)–C–C–N with tert-alkyl or cyclic N) is 1. The van der Waals surface area contributed by atoms with E-state index in [-0.39, 0.29) is 54.1 Å². The lowest BCUT2D eigenvalue weighted by molar-refractivity contribution is -0.144. The maximum atomic E-state index is 14.2. The lowest BCUT2D eigenvalue weighted by Crippen LogP contribution is -2.57. The molecule has 0 saturated carbocycles. The summed E-state index contributed by atoms with van der Waals surface area (Å²) in [4.78, 5) is 54.5. The molecule has 7 rings (SSSR count). The number of nitrogen functional groups attached to an aromatic ring is 1. The summed E-state index contributed by atoms with van der Waals surface area (Å²) in [6.45, 7) is 12.7. The van der Waals surface area contributed by atoms with E-state index in [2.05, 4.69) is 25.5 Å². The van der Waals surface area contributed by atoms with Gasteiger partial charge in [0.25, 0.3) is 0 Å². The molecule has 370 valence electrons. The van der Waals surface area contributed by atoms with Gasteiger partial charge in [-0.25, -0.2) is 14.4 Å². The van der Waals surface area contributed by atoms with Crippen molar-refractivity contribution in [3.05, 3.63) is 99.2 Å². The first kappa shape index (κ1) is 51.7. The zero-order chi connectivity index (χ0) is 49.4. The Morgan fingerprint density at radius 2 is 1.71 bits per heavy atom. The molecule has 3 amide bonds. The van der Waals surface area contributed by atoms with Gasteiger partial charge in [0.2, 0.25) is 17.7 Å². The van der Waals surface area contributed by atoms with E-state index in [0.29, 0.717) is 29.2 Å². The number of pyridine rings is 1. The van der Waals surface area contributed by atoms with Gasteiger partial charge in [0.05, 0.1) is 39.4 Å². The van der Waals surface area contributed by atoms with Gasteiger partial charge in [0, 0.05) is 73.1 Å². The number of halogens is 3. The van der Waals surface area contributed by atoms with Crippen molar-refractivity contribution in [3.8, 4) is 27.3 Å². The molecule has 2 saturated heterocycles. The van der Waals surface area contributed by atoms with Crippen molar-refractivity contribution in [2.75, 3.05) is 31.9 Å². The molecule has 2 aliphatic rings. The number of aliphatic hydroxyl groups excluding tert-OH is 1. The standard InChI is InChI=1S/C51H64Cl2FN9O5S/c1-31-46(69-30-58-31)34-14-12-33(13-15-34)25-57-49(66)41-24-38(64)29-62(41)50(67)47(51(3,4)5)60-43(65)11-9-7-6-8-10-20-61-21-18-37(19-22-61)63-28-36(27-59-63)35-23-42(48(55)56-26-35)68-32(2)44-39(52)16-17-40(54)45(44)53/h12-17,23,26-28,30,32,37-38,41,47,64H,6-11,18-22,24-25,29H2,1-5H3,(H2,55,56)(H,57,66)(H,60,65)/t32-,38-,41+,47?/m1/s1. The molecular formula is C51H64Cl2FN9O5S. The number of nitrogens with two attached hydrogens (primary N) is 1. The molecule has 2 aliphatic heterocycles. The molecule has 2 fully saturated rings. The van der Waals surface area contributed by atoms with Gasteiger partial charge in [-0.05, 0) is 80.8 Å². The fourth-order valence-electron chi connectivity index (χ4n) is 9.13. The topological polar surface area (TPSA) is 181 Å². The number of aryl methyl sites for hydroxylation is 1. The fraction of sp³-hybridized carbons (Fsp3) is 0.490. The van der Waals surface area contributed by atoms with Crippen LogP contribution in [0.4, 0.5) is 10.2 Å². The van der Waals surface area contributed by atoms with Gasteiger partial charge in [-0.3, -0.25) is 19.1 Å². The van der Waals surface area contributed by atoms with Crippen LogP contribution in [0.15, 0.2) is 66.6 Å². The minimum absolute atomic E-state index is 0.0306. The first-order valence-corrected chi connectivity index (χ1v) is 25.5. The van der Waals surface area contributed by atoms with Crippen molar-refractivity contribution in [3.63, 3.8) is 0 Å². The smallest absolute Gasteiger partial charge is 0.246 e. The molecule has 5 heterocycles. The number of anilines is 1. The number of carbonyl (C=O) groups is 3. The summed E-state index contributed by atoms with van der Waals surface area (Å²) < 4.78 is 22.3. The lowest BCUT2D eigenvalue weighted by Gasteiger charge is -2.35. The second-order valence-electron chi connectivity index (χ2n) is 19.4. The maximum Gasteiger partial charge on any atom is 0.246 e. The molecular weight excluding hydrogens is 941 g/mol. The number of hydrogen-bond acceptors (Lipinski definition) is 11. The van der Waals surface area contributed by atoms with Crippen LogP contribution in [-0.4, -0.2) is 96.7 Å². The van der Waals surface area contributed by atoms with Crippen LogP contribution in [0.2, 0.25) is 10.0 Å². The van der Waals surface area contributed by atoms with Crippen LogP contribution in [0.1, 0.15) is 114 Å².